The molecular formula is C17H23NO. The second-order valence-corrected chi connectivity index (χ2v) is 5.30. The number of ketones is 1. The molecule has 0 saturated heterocycles. The van der Waals surface area contributed by atoms with Gasteiger partial charge in [0.2, 0.25) is 0 Å². The van der Waals surface area contributed by atoms with Gasteiger partial charge in [-0.2, -0.15) is 0 Å². The molecule has 2 nitrogen and oxygen atoms in total. The van der Waals surface area contributed by atoms with Gasteiger partial charge in [0.05, 0.1) is 0 Å². The average molecular weight is 257 g/mol. The molecule has 0 fully saturated rings. The van der Waals surface area contributed by atoms with Gasteiger partial charge in [-0.25, -0.2) is 0 Å². The Morgan fingerprint density at radius 1 is 1.32 bits per heavy atom. The van der Waals surface area contributed by atoms with Crippen LogP contribution in [0.5, 0.6) is 0 Å². The van der Waals surface area contributed by atoms with Crippen LogP contribution in [0.1, 0.15) is 50.0 Å². The zero-order valence-electron chi connectivity index (χ0n) is 11.5. The first kappa shape index (κ1) is 13.9. The van der Waals surface area contributed by atoms with E-state index in [0.717, 1.165) is 38.6 Å². The second kappa shape index (κ2) is 7.13. The molecule has 0 saturated carbocycles. The summed E-state index contributed by atoms with van der Waals surface area (Å²) >= 11 is 0. The van der Waals surface area contributed by atoms with E-state index >= 15 is 0 Å². The minimum atomic E-state index is 0.372. The van der Waals surface area contributed by atoms with Gasteiger partial charge < -0.3 is 5.32 Å². The molecule has 2 heteroatoms. The van der Waals surface area contributed by atoms with Crippen molar-refractivity contribution in [1.82, 2.24) is 0 Å². The summed E-state index contributed by atoms with van der Waals surface area (Å²) in [5.41, 5.74) is 2.51. The van der Waals surface area contributed by atoms with Crippen molar-refractivity contribution in [2.75, 3.05) is 11.9 Å². The molecule has 0 aliphatic carbocycles. The lowest BCUT2D eigenvalue weighted by Crippen LogP contribution is -2.09. The molecule has 0 bridgehead atoms. The number of anilines is 1. The SMILES string of the molecule is C=CCCCCCC(=O)CC1CNc2ccccc21. The number of hydrogen-bond acceptors (Lipinski definition) is 2. The maximum atomic E-state index is 12.0. The quantitative estimate of drug-likeness (QED) is 0.556. The summed E-state index contributed by atoms with van der Waals surface area (Å²) in [4.78, 5) is 12.0. The molecule has 19 heavy (non-hydrogen) atoms. The van der Waals surface area contributed by atoms with Gasteiger partial charge in [0.1, 0.15) is 5.78 Å². The normalized spacial score (nSPS) is 16.7. The van der Waals surface area contributed by atoms with Gasteiger partial charge in [0.15, 0.2) is 0 Å². The predicted octanol–water partition coefficient (Wildman–Crippen LogP) is 4.29. The Bertz CT molecular complexity index is 439. The maximum absolute atomic E-state index is 12.0. The van der Waals surface area contributed by atoms with Crippen LogP contribution in [0, 0.1) is 0 Å². The number of hydrogen-bond donors (Lipinski definition) is 1. The van der Waals surface area contributed by atoms with Crippen LogP contribution < -0.4 is 5.32 Å². The molecule has 2 rings (SSSR count). The summed E-state index contributed by atoms with van der Waals surface area (Å²) < 4.78 is 0. The Morgan fingerprint density at radius 3 is 3.00 bits per heavy atom. The molecule has 1 aromatic carbocycles. The zero-order valence-corrected chi connectivity index (χ0v) is 11.5. The van der Waals surface area contributed by atoms with Crippen molar-refractivity contribution in [3.63, 3.8) is 0 Å². The average Bonchev–Trinajstić information content (AvgIpc) is 2.82. The fourth-order valence-electron chi connectivity index (χ4n) is 2.70. The second-order valence-electron chi connectivity index (χ2n) is 5.30. The third kappa shape index (κ3) is 3.95. The van der Waals surface area contributed by atoms with Gasteiger partial charge in [-0.15, -0.1) is 6.58 Å². The fraction of sp³-hybridized carbons (Fsp3) is 0.471. The number of Topliss-reactive ketones (excluding diaryl/α,β-unsaturated/α-hetero) is 1. The summed E-state index contributed by atoms with van der Waals surface area (Å²) in [6.07, 6.45) is 7.74. The Morgan fingerprint density at radius 2 is 2.16 bits per heavy atom. The molecule has 1 atom stereocenters. The third-order valence-electron chi connectivity index (χ3n) is 3.78. The largest absolute Gasteiger partial charge is 0.384 e. The van der Waals surface area contributed by atoms with E-state index in [1.165, 1.54) is 11.3 Å². The third-order valence-corrected chi connectivity index (χ3v) is 3.78. The molecule has 1 N–H and O–H groups in total. The predicted molar refractivity (Wildman–Crippen MR) is 80.6 cm³/mol. The van der Waals surface area contributed by atoms with Crippen LogP contribution in [-0.2, 0) is 4.79 Å². The molecule has 1 aromatic rings. The van der Waals surface area contributed by atoms with Crippen molar-refractivity contribution in [3.05, 3.63) is 42.5 Å². The summed E-state index contributed by atoms with van der Waals surface area (Å²) in [5, 5.41) is 3.38. The highest BCUT2D eigenvalue weighted by atomic mass is 16.1. The van der Waals surface area contributed by atoms with Gasteiger partial charge in [0.25, 0.3) is 0 Å². The van der Waals surface area contributed by atoms with Crippen molar-refractivity contribution < 1.29 is 4.79 Å². The lowest BCUT2D eigenvalue weighted by Gasteiger charge is -2.09. The number of rotatable bonds is 8. The number of benzene rings is 1. The van der Waals surface area contributed by atoms with Crippen molar-refractivity contribution in [1.29, 1.82) is 0 Å². The minimum absolute atomic E-state index is 0.372. The molecule has 102 valence electrons. The Labute approximate surface area is 115 Å². The number of allylic oxidation sites excluding steroid dienone is 1. The first-order valence-electron chi connectivity index (χ1n) is 7.26. The lowest BCUT2D eigenvalue weighted by molar-refractivity contribution is -0.119. The Kier molecular flexibility index (Phi) is 5.20. The lowest BCUT2D eigenvalue weighted by atomic mass is 9.94. The molecule has 0 spiro atoms. The summed E-state index contributed by atoms with van der Waals surface area (Å²) in [6.45, 7) is 4.61. The van der Waals surface area contributed by atoms with Crippen LogP contribution >= 0.6 is 0 Å². The van der Waals surface area contributed by atoms with Gasteiger partial charge in [0, 0.05) is 31.0 Å². The molecule has 0 amide bonds. The number of fused-ring (bicyclic) bond motifs is 1. The van der Waals surface area contributed by atoms with E-state index in [-0.39, 0.29) is 0 Å². The highest BCUT2D eigenvalue weighted by Crippen LogP contribution is 2.33. The standard InChI is InChI=1S/C17H23NO/c1-2-3-4-5-6-9-15(19)12-14-13-18-17-11-8-7-10-16(14)17/h2,7-8,10-11,14,18H,1,3-6,9,12-13H2. The number of carbonyl (C=O) groups is 1. The molecular weight excluding hydrogens is 234 g/mol. The van der Waals surface area contributed by atoms with Crippen LogP contribution in [0.15, 0.2) is 36.9 Å². The highest BCUT2D eigenvalue weighted by molar-refractivity contribution is 5.80. The van der Waals surface area contributed by atoms with Gasteiger partial charge in [-0.05, 0) is 30.9 Å². The summed E-state index contributed by atoms with van der Waals surface area (Å²) in [6, 6.07) is 8.32. The summed E-state index contributed by atoms with van der Waals surface area (Å²) in [7, 11) is 0. The van der Waals surface area contributed by atoms with Crippen molar-refractivity contribution >= 4 is 11.5 Å². The fourth-order valence-corrected chi connectivity index (χ4v) is 2.70. The van der Waals surface area contributed by atoms with Crippen LogP contribution in [-0.4, -0.2) is 12.3 Å². The van der Waals surface area contributed by atoms with E-state index in [9.17, 15) is 4.79 Å². The van der Waals surface area contributed by atoms with Crippen LogP contribution in [0.25, 0.3) is 0 Å². The van der Waals surface area contributed by atoms with E-state index in [0.29, 0.717) is 18.1 Å². The number of nitrogens with one attached hydrogen (secondary N) is 1. The zero-order chi connectivity index (χ0) is 13.5. The Balaban J connectivity index is 1.73. The number of para-hydroxylation sites is 1. The number of carbonyl (C=O) groups excluding carboxylic acids is 1. The first-order chi connectivity index (χ1) is 9.31. The molecule has 1 aliphatic heterocycles. The van der Waals surface area contributed by atoms with Crippen LogP contribution in [0.3, 0.4) is 0 Å². The summed E-state index contributed by atoms with van der Waals surface area (Å²) in [5.74, 6) is 0.777. The van der Waals surface area contributed by atoms with E-state index in [2.05, 4.69) is 30.1 Å². The van der Waals surface area contributed by atoms with E-state index in [1.807, 2.05) is 12.1 Å². The Hall–Kier alpha value is -1.57. The van der Waals surface area contributed by atoms with E-state index < -0.39 is 0 Å². The first-order valence-corrected chi connectivity index (χ1v) is 7.26. The van der Waals surface area contributed by atoms with Crippen LogP contribution in [0.4, 0.5) is 5.69 Å². The van der Waals surface area contributed by atoms with E-state index in [4.69, 9.17) is 0 Å². The van der Waals surface area contributed by atoms with Crippen molar-refractivity contribution in [2.45, 2.75) is 44.4 Å². The minimum Gasteiger partial charge on any atom is -0.384 e. The van der Waals surface area contributed by atoms with Crippen molar-refractivity contribution in [2.24, 2.45) is 0 Å². The van der Waals surface area contributed by atoms with Gasteiger partial charge >= 0.3 is 0 Å². The maximum Gasteiger partial charge on any atom is 0.133 e. The molecule has 0 aromatic heterocycles. The van der Waals surface area contributed by atoms with Gasteiger partial charge in [-0.1, -0.05) is 30.7 Å². The molecule has 1 heterocycles. The molecule has 0 radical (unpaired) electrons. The number of unbranched alkanes of at least 4 members (excludes halogenated alkanes) is 3. The van der Waals surface area contributed by atoms with Crippen LogP contribution in [0.2, 0.25) is 0 Å². The topological polar surface area (TPSA) is 29.1 Å². The molecule has 1 unspecified atom stereocenters. The smallest absolute Gasteiger partial charge is 0.133 e. The van der Waals surface area contributed by atoms with Crippen molar-refractivity contribution in [3.8, 4) is 0 Å². The van der Waals surface area contributed by atoms with Gasteiger partial charge in [-0.3, -0.25) is 4.79 Å². The van der Waals surface area contributed by atoms with E-state index in [1.54, 1.807) is 0 Å². The molecule has 1 aliphatic rings. The highest BCUT2D eigenvalue weighted by Gasteiger charge is 2.23. The monoisotopic (exact) mass is 257 g/mol.